The highest BCUT2D eigenvalue weighted by atomic mass is 16.5. The van der Waals surface area contributed by atoms with Gasteiger partial charge in [-0.05, 0) is 19.8 Å². The average molecular weight is 225 g/mol. The smallest absolute Gasteiger partial charge is 0.332 e. The Balaban J connectivity index is 2.45. The lowest BCUT2D eigenvalue weighted by Crippen LogP contribution is -2.42. The van der Waals surface area contributed by atoms with Crippen LogP contribution in [-0.2, 0) is 14.3 Å². The van der Waals surface area contributed by atoms with Gasteiger partial charge in [-0.25, -0.2) is 4.79 Å². The molecule has 1 saturated carbocycles. The molecule has 0 heterocycles. The molecular formula is C12H19NO3. The molecule has 0 aliphatic heterocycles. The summed E-state index contributed by atoms with van der Waals surface area (Å²) in [5.41, 5.74) is 0. The number of ether oxygens (including phenoxy) is 1. The van der Waals surface area contributed by atoms with Crippen LogP contribution in [0.5, 0.6) is 0 Å². The number of hydrogen-bond donors (Lipinski definition) is 1. The molecule has 0 bridgehead atoms. The van der Waals surface area contributed by atoms with E-state index in [9.17, 15) is 9.59 Å². The second kappa shape index (κ2) is 6.30. The van der Waals surface area contributed by atoms with Crippen molar-refractivity contribution < 1.29 is 14.3 Å². The van der Waals surface area contributed by atoms with Gasteiger partial charge in [-0.15, -0.1) is 6.58 Å². The van der Waals surface area contributed by atoms with Crippen molar-refractivity contribution in [3.8, 4) is 0 Å². The van der Waals surface area contributed by atoms with Gasteiger partial charge in [-0.2, -0.15) is 0 Å². The maximum atomic E-state index is 11.8. The van der Waals surface area contributed by atoms with Gasteiger partial charge in [0, 0.05) is 5.92 Å². The first kappa shape index (κ1) is 12.7. The van der Waals surface area contributed by atoms with Crippen LogP contribution in [-0.4, -0.2) is 24.5 Å². The predicted molar refractivity (Wildman–Crippen MR) is 60.7 cm³/mol. The molecule has 16 heavy (non-hydrogen) atoms. The summed E-state index contributed by atoms with van der Waals surface area (Å²) in [7, 11) is 0. The average Bonchev–Trinajstić information content (AvgIpc) is 2.79. The van der Waals surface area contributed by atoms with E-state index >= 15 is 0 Å². The van der Waals surface area contributed by atoms with Crippen molar-refractivity contribution in [1.29, 1.82) is 0 Å². The van der Waals surface area contributed by atoms with Crippen LogP contribution in [0.25, 0.3) is 0 Å². The highest BCUT2D eigenvalue weighted by molar-refractivity contribution is 5.87. The third-order valence-corrected chi connectivity index (χ3v) is 2.80. The first-order chi connectivity index (χ1) is 7.69. The molecule has 0 aromatic heterocycles. The monoisotopic (exact) mass is 225 g/mol. The second-order valence-electron chi connectivity index (χ2n) is 3.96. The number of amides is 1. The van der Waals surface area contributed by atoms with E-state index in [1.807, 2.05) is 0 Å². The third kappa shape index (κ3) is 3.36. The Morgan fingerprint density at radius 3 is 2.62 bits per heavy atom. The van der Waals surface area contributed by atoms with Crippen molar-refractivity contribution in [2.75, 3.05) is 6.61 Å². The molecule has 0 unspecified atom stereocenters. The number of nitrogens with one attached hydrogen (secondary N) is 1. The number of carbonyl (C=O) groups excluding carboxylic acids is 2. The zero-order valence-electron chi connectivity index (χ0n) is 9.70. The topological polar surface area (TPSA) is 55.4 Å². The zero-order valence-corrected chi connectivity index (χ0v) is 9.70. The Labute approximate surface area is 96.0 Å². The Bertz CT molecular complexity index is 269. The molecule has 0 spiro atoms. The Morgan fingerprint density at radius 1 is 1.50 bits per heavy atom. The number of esters is 1. The molecule has 4 heteroatoms. The predicted octanol–water partition coefficient (Wildman–Crippen LogP) is 1.41. The van der Waals surface area contributed by atoms with Crippen molar-refractivity contribution in [2.24, 2.45) is 5.92 Å². The first-order valence-electron chi connectivity index (χ1n) is 5.78. The van der Waals surface area contributed by atoms with Crippen molar-refractivity contribution in [3.05, 3.63) is 12.7 Å². The van der Waals surface area contributed by atoms with Gasteiger partial charge in [0.1, 0.15) is 6.04 Å². The van der Waals surface area contributed by atoms with Crippen LogP contribution in [0.3, 0.4) is 0 Å². The lowest BCUT2D eigenvalue weighted by Gasteiger charge is -2.16. The Kier molecular flexibility index (Phi) is 5.02. The highest BCUT2D eigenvalue weighted by Gasteiger charge is 2.26. The summed E-state index contributed by atoms with van der Waals surface area (Å²) in [5, 5.41) is 2.66. The molecule has 1 aliphatic rings. The van der Waals surface area contributed by atoms with Crippen LogP contribution in [0.15, 0.2) is 12.7 Å². The van der Waals surface area contributed by atoms with Gasteiger partial charge in [0.05, 0.1) is 6.61 Å². The van der Waals surface area contributed by atoms with E-state index in [0.29, 0.717) is 6.61 Å². The van der Waals surface area contributed by atoms with E-state index < -0.39 is 12.0 Å². The summed E-state index contributed by atoms with van der Waals surface area (Å²) in [6, 6.07) is -0.715. The lowest BCUT2D eigenvalue weighted by atomic mass is 10.1. The molecule has 0 aromatic carbocycles. The van der Waals surface area contributed by atoms with Gasteiger partial charge >= 0.3 is 5.97 Å². The molecule has 1 fully saturated rings. The van der Waals surface area contributed by atoms with E-state index in [2.05, 4.69) is 11.9 Å². The highest BCUT2D eigenvalue weighted by Crippen LogP contribution is 2.24. The number of rotatable bonds is 5. The minimum atomic E-state index is -0.715. The zero-order chi connectivity index (χ0) is 12.0. The van der Waals surface area contributed by atoms with Crippen LogP contribution in [0.1, 0.15) is 32.6 Å². The fraction of sp³-hybridized carbons (Fsp3) is 0.667. The minimum absolute atomic E-state index is 0.0527. The van der Waals surface area contributed by atoms with Crippen LogP contribution in [0.2, 0.25) is 0 Å². The number of hydrogen-bond acceptors (Lipinski definition) is 3. The molecule has 0 radical (unpaired) electrons. The molecule has 90 valence electrons. The normalized spacial score (nSPS) is 17.8. The summed E-state index contributed by atoms with van der Waals surface area (Å²) in [6.45, 7) is 5.57. The van der Waals surface area contributed by atoms with Gasteiger partial charge in [-0.1, -0.05) is 18.9 Å². The summed E-state index contributed by atoms with van der Waals surface area (Å²) in [5.74, 6) is -0.448. The summed E-state index contributed by atoms with van der Waals surface area (Å²) in [4.78, 5) is 23.2. The quantitative estimate of drug-likeness (QED) is 0.568. The molecular weight excluding hydrogens is 206 g/mol. The van der Waals surface area contributed by atoms with Crippen LogP contribution in [0.4, 0.5) is 0 Å². The largest absolute Gasteiger partial charge is 0.464 e. The second-order valence-corrected chi connectivity index (χ2v) is 3.96. The molecule has 0 saturated heterocycles. The van der Waals surface area contributed by atoms with Crippen molar-refractivity contribution in [2.45, 2.75) is 38.6 Å². The molecule has 1 atom stereocenters. The van der Waals surface area contributed by atoms with E-state index in [-0.39, 0.29) is 11.8 Å². The van der Waals surface area contributed by atoms with Gasteiger partial charge in [0.15, 0.2) is 0 Å². The molecule has 1 rings (SSSR count). The summed E-state index contributed by atoms with van der Waals surface area (Å²) < 4.78 is 4.83. The SMILES string of the molecule is C=C[C@@H](NC(=O)C1CCCC1)C(=O)OCC. The Morgan fingerprint density at radius 2 is 2.12 bits per heavy atom. The molecule has 4 nitrogen and oxygen atoms in total. The van der Waals surface area contributed by atoms with Crippen LogP contribution >= 0.6 is 0 Å². The van der Waals surface area contributed by atoms with E-state index in [0.717, 1.165) is 25.7 Å². The van der Waals surface area contributed by atoms with E-state index in [4.69, 9.17) is 4.74 Å². The van der Waals surface area contributed by atoms with Gasteiger partial charge in [0.2, 0.25) is 5.91 Å². The van der Waals surface area contributed by atoms with Crippen LogP contribution < -0.4 is 5.32 Å². The molecule has 0 aromatic rings. The van der Waals surface area contributed by atoms with Gasteiger partial charge in [0.25, 0.3) is 0 Å². The standard InChI is InChI=1S/C12H19NO3/c1-3-10(12(15)16-4-2)13-11(14)9-7-5-6-8-9/h3,9-10H,1,4-8H2,2H3,(H,13,14)/t10-/m1/s1. The lowest BCUT2D eigenvalue weighted by molar-refractivity contribution is -0.146. The van der Waals surface area contributed by atoms with E-state index in [1.165, 1.54) is 6.08 Å². The number of carbonyl (C=O) groups is 2. The fourth-order valence-corrected chi connectivity index (χ4v) is 1.91. The molecule has 1 N–H and O–H groups in total. The molecule has 1 amide bonds. The maximum absolute atomic E-state index is 11.8. The summed E-state index contributed by atoms with van der Waals surface area (Å²) in [6.07, 6.45) is 5.42. The van der Waals surface area contributed by atoms with Crippen molar-refractivity contribution >= 4 is 11.9 Å². The maximum Gasteiger partial charge on any atom is 0.332 e. The third-order valence-electron chi connectivity index (χ3n) is 2.80. The van der Waals surface area contributed by atoms with Crippen LogP contribution in [0, 0.1) is 5.92 Å². The fourth-order valence-electron chi connectivity index (χ4n) is 1.91. The summed E-state index contributed by atoms with van der Waals surface area (Å²) >= 11 is 0. The minimum Gasteiger partial charge on any atom is -0.464 e. The first-order valence-corrected chi connectivity index (χ1v) is 5.78. The van der Waals surface area contributed by atoms with Gasteiger partial charge < -0.3 is 10.1 Å². The van der Waals surface area contributed by atoms with E-state index in [1.54, 1.807) is 6.92 Å². The van der Waals surface area contributed by atoms with Crippen molar-refractivity contribution in [3.63, 3.8) is 0 Å². The molecule has 1 aliphatic carbocycles. The van der Waals surface area contributed by atoms with Crippen molar-refractivity contribution in [1.82, 2.24) is 5.32 Å². The Hall–Kier alpha value is -1.32. The van der Waals surface area contributed by atoms with Gasteiger partial charge in [-0.3, -0.25) is 4.79 Å².